The summed E-state index contributed by atoms with van der Waals surface area (Å²) in [4.78, 5) is 22.5. The number of hydrogen-bond acceptors (Lipinski definition) is 4. The lowest BCUT2D eigenvalue weighted by molar-refractivity contribution is 0.205. The number of fused-ring (bicyclic) bond motifs is 1. The lowest BCUT2D eigenvalue weighted by Gasteiger charge is -2.29. The van der Waals surface area contributed by atoms with Gasteiger partial charge >= 0.3 is 0 Å². The van der Waals surface area contributed by atoms with Crippen LogP contribution in [0.5, 0.6) is 5.75 Å². The van der Waals surface area contributed by atoms with Crippen molar-refractivity contribution in [3.05, 3.63) is 47.0 Å². The smallest absolute Gasteiger partial charge is 0.259 e. The maximum absolute atomic E-state index is 12.7. The number of benzene rings is 1. The van der Waals surface area contributed by atoms with Crippen LogP contribution in [0.2, 0.25) is 0 Å². The van der Waals surface area contributed by atoms with Crippen LogP contribution in [-0.2, 0) is 6.54 Å². The van der Waals surface area contributed by atoms with Crippen LogP contribution in [0.1, 0.15) is 19.8 Å². The van der Waals surface area contributed by atoms with Crippen molar-refractivity contribution in [1.29, 1.82) is 0 Å². The summed E-state index contributed by atoms with van der Waals surface area (Å²) >= 11 is 0. The van der Waals surface area contributed by atoms with Gasteiger partial charge < -0.3 is 19.2 Å². The van der Waals surface area contributed by atoms with Gasteiger partial charge in [-0.2, -0.15) is 0 Å². The van der Waals surface area contributed by atoms with Crippen LogP contribution < -0.4 is 10.3 Å². The van der Waals surface area contributed by atoms with Gasteiger partial charge in [-0.1, -0.05) is 0 Å². The molecule has 1 aliphatic rings. The van der Waals surface area contributed by atoms with Crippen molar-refractivity contribution >= 4 is 10.9 Å². The van der Waals surface area contributed by atoms with Gasteiger partial charge in [-0.3, -0.25) is 4.79 Å². The van der Waals surface area contributed by atoms with Crippen molar-refractivity contribution in [2.75, 3.05) is 26.7 Å². The minimum absolute atomic E-state index is 0.109. The Morgan fingerprint density at radius 1 is 1.26 bits per heavy atom. The van der Waals surface area contributed by atoms with Crippen molar-refractivity contribution in [1.82, 2.24) is 19.4 Å². The van der Waals surface area contributed by atoms with Crippen molar-refractivity contribution in [3.8, 4) is 17.1 Å². The summed E-state index contributed by atoms with van der Waals surface area (Å²) in [7, 11) is 2.17. The molecule has 0 unspecified atom stereocenters. The third-order valence-electron chi connectivity index (χ3n) is 5.38. The monoisotopic (exact) mass is 366 g/mol. The highest BCUT2D eigenvalue weighted by Crippen LogP contribution is 2.24. The van der Waals surface area contributed by atoms with Gasteiger partial charge in [-0.25, -0.2) is 4.98 Å². The second kappa shape index (κ2) is 7.56. The van der Waals surface area contributed by atoms with Gasteiger partial charge in [-0.05, 0) is 70.1 Å². The van der Waals surface area contributed by atoms with E-state index in [1.54, 1.807) is 6.20 Å². The number of aromatic amines is 1. The number of pyridine rings is 1. The topological polar surface area (TPSA) is 63.2 Å². The van der Waals surface area contributed by atoms with Crippen molar-refractivity contribution in [2.45, 2.75) is 26.3 Å². The van der Waals surface area contributed by atoms with E-state index >= 15 is 0 Å². The maximum Gasteiger partial charge on any atom is 0.259 e. The van der Waals surface area contributed by atoms with Gasteiger partial charge in [0.05, 0.1) is 12.2 Å². The van der Waals surface area contributed by atoms with Gasteiger partial charge in [0.15, 0.2) is 0 Å². The maximum atomic E-state index is 12.7. The van der Waals surface area contributed by atoms with Crippen molar-refractivity contribution < 1.29 is 4.74 Å². The Bertz CT molecular complexity index is 983. The zero-order valence-electron chi connectivity index (χ0n) is 15.9. The largest absolute Gasteiger partial charge is 0.494 e. The Kier molecular flexibility index (Phi) is 4.99. The lowest BCUT2D eigenvalue weighted by atomic mass is 9.97. The Balaban J connectivity index is 1.67. The van der Waals surface area contributed by atoms with Crippen molar-refractivity contribution in [3.63, 3.8) is 0 Å². The number of aromatic nitrogens is 3. The standard InChI is InChI=1S/C21H26N4O2/c1-3-27-17-4-5-19-16(12-17)13-18(21(26)23-19)20-22-8-11-25(20)14-15-6-9-24(2)10-7-15/h4-5,8,11-13,15H,3,6-7,9-10,14H2,1-2H3,(H,23,26). The normalized spacial score (nSPS) is 16.1. The fourth-order valence-electron chi connectivity index (χ4n) is 3.83. The fraction of sp³-hybridized carbons (Fsp3) is 0.429. The molecule has 0 amide bonds. The second-order valence-corrected chi connectivity index (χ2v) is 7.34. The number of hydrogen-bond donors (Lipinski definition) is 1. The van der Waals surface area contributed by atoms with E-state index in [0.717, 1.165) is 42.1 Å². The molecule has 27 heavy (non-hydrogen) atoms. The quantitative estimate of drug-likeness (QED) is 0.754. The number of nitrogens with one attached hydrogen (secondary N) is 1. The van der Waals surface area contributed by atoms with E-state index in [9.17, 15) is 4.79 Å². The van der Waals surface area contributed by atoms with Crippen LogP contribution in [0.3, 0.4) is 0 Å². The zero-order chi connectivity index (χ0) is 18.8. The van der Waals surface area contributed by atoms with Crippen LogP contribution >= 0.6 is 0 Å². The summed E-state index contributed by atoms with van der Waals surface area (Å²) in [5, 5.41) is 0.949. The molecular formula is C21H26N4O2. The molecule has 4 rings (SSSR count). The van der Waals surface area contributed by atoms with Crippen LogP contribution in [0.25, 0.3) is 22.3 Å². The van der Waals surface area contributed by atoms with E-state index in [0.29, 0.717) is 18.1 Å². The molecule has 3 aromatic rings. The van der Waals surface area contributed by atoms with E-state index in [4.69, 9.17) is 4.74 Å². The lowest BCUT2D eigenvalue weighted by Crippen LogP contribution is -2.32. The highest BCUT2D eigenvalue weighted by molar-refractivity contribution is 5.83. The third-order valence-corrected chi connectivity index (χ3v) is 5.38. The molecule has 0 spiro atoms. The second-order valence-electron chi connectivity index (χ2n) is 7.34. The molecule has 1 N–H and O–H groups in total. The molecule has 0 aliphatic carbocycles. The highest BCUT2D eigenvalue weighted by atomic mass is 16.5. The van der Waals surface area contributed by atoms with E-state index in [-0.39, 0.29) is 5.56 Å². The highest BCUT2D eigenvalue weighted by Gasteiger charge is 2.19. The molecule has 0 radical (unpaired) electrons. The Morgan fingerprint density at radius 2 is 2.07 bits per heavy atom. The molecule has 1 aromatic carbocycles. The molecule has 0 atom stereocenters. The third kappa shape index (κ3) is 3.76. The molecular weight excluding hydrogens is 340 g/mol. The summed E-state index contributed by atoms with van der Waals surface area (Å²) in [5.74, 6) is 2.16. The average molecular weight is 366 g/mol. The molecule has 1 aliphatic heterocycles. The SMILES string of the molecule is CCOc1ccc2[nH]c(=O)c(-c3nccn3CC3CCN(C)CC3)cc2c1. The summed E-state index contributed by atoms with van der Waals surface area (Å²) in [6.07, 6.45) is 6.12. The van der Waals surface area contributed by atoms with Crippen molar-refractivity contribution in [2.24, 2.45) is 5.92 Å². The van der Waals surface area contributed by atoms with Gasteiger partial charge in [0.2, 0.25) is 0 Å². The first-order valence-electron chi connectivity index (χ1n) is 9.64. The number of rotatable bonds is 5. The number of H-pyrrole nitrogens is 1. The predicted molar refractivity (Wildman–Crippen MR) is 107 cm³/mol. The van der Waals surface area contributed by atoms with E-state index in [1.165, 1.54) is 12.8 Å². The molecule has 0 saturated carbocycles. The molecule has 0 bridgehead atoms. The van der Waals surface area contributed by atoms with E-state index in [1.807, 2.05) is 37.4 Å². The van der Waals surface area contributed by atoms with Gasteiger partial charge in [0, 0.05) is 29.8 Å². The number of piperidine rings is 1. The Morgan fingerprint density at radius 3 is 2.85 bits per heavy atom. The van der Waals surface area contributed by atoms with Gasteiger partial charge in [-0.15, -0.1) is 0 Å². The predicted octanol–water partition coefficient (Wildman–Crippen LogP) is 3.13. The molecule has 1 fully saturated rings. The van der Waals surface area contributed by atoms with E-state index in [2.05, 4.69) is 26.5 Å². The fourth-order valence-corrected chi connectivity index (χ4v) is 3.83. The Hall–Kier alpha value is -2.60. The minimum atomic E-state index is -0.109. The van der Waals surface area contributed by atoms with Crippen LogP contribution in [0.15, 0.2) is 41.5 Å². The number of nitrogens with zero attached hydrogens (tertiary/aromatic N) is 3. The average Bonchev–Trinajstić information content (AvgIpc) is 3.11. The molecule has 6 nitrogen and oxygen atoms in total. The summed E-state index contributed by atoms with van der Waals surface area (Å²) in [5.41, 5.74) is 1.30. The molecule has 3 heterocycles. The first-order valence-corrected chi connectivity index (χ1v) is 9.64. The molecule has 6 heteroatoms. The molecule has 2 aromatic heterocycles. The number of imidazole rings is 1. The van der Waals surface area contributed by atoms with Crippen LogP contribution in [0, 0.1) is 5.92 Å². The molecule has 142 valence electrons. The van der Waals surface area contributed by atoms with Gasteiger partial charge in [0.1, 0.15) is 11.6 Å². The summed E-state index contributed by atoms with van der Waals surface area (Å²) < 4.78 is 7.71. The van der Waals surface area contributed by atoms with Gasteiger partial charge in [0.25, 0.3) is 5.56 Å². The Labute approximate surface area is 158 Å². The van der Waals surface area contributed by atoms with E-state index < -0.39 is 0 Å². The molecule has 1 saturated heterocycles. The van der Waals surface area contributed by atoms with Crippen LogP contribution in [-0.4, -0.2) is 46.2 Å². The summed E-state index contributed by atoms with van der Waals surface area (Å²) in [6, 6.07) is 7.64. The number of ether oxygens (including phenoxy) is 1. The first-order chi connectivity index (χ1) is 13.1. The minimum Gasteiger partial charge on any atom is -0.494 e. The first kappa shape index (κ1) is 17.8. The van der Waals surface area contributed by atoms with Crippen LogP contribution in [0.4, 0.5) is 0 Å². The number of likely N-dealkylation sites (tertiary alicyclic amines) is 1. The zero-order valence-corrected chi connectivity index (χ0v) is 15.9. The summed E-state index contributed by atoms with van der Waals surface area (Å²) in [6.45, 7) is 5.74.